The summed E-state index contributed by atoms with van der Waals surface area (Å²) in [6.07, 6.45) is 9.09. The Hall–Kier alpha value is -3.35. The molecule has 0 radical (unpaired) electrons. The van der Waals surface area contributed by atoms with Crippen LogP contribution < -0.4 is 5.32 Å². The zero-order chi connectivity index (χ0) is 21.5. The fourth-order valence-corrected chi connectivity index (χ4v) is 4.89. The van der Waals surface area contributed by atoms with Gasteiger partial charge in [0, 0.05) is 30.5 Å². The molecule has 4 heterocycles. The van der Waals surface area contributed by atoms with Gasteiger partial charge in [0.1, 0.15) is 11.5 Å². The number of rotatable bonds is 4. The molecule has 1 aliphatic carbocycles. The molecule has 0 spiro atoms. The van der Waals surface area contributed by atoms with Crippen molar-refractivity contribution in [2.45, 2.75) is 45.7 Å². The zero-order valence-corrected chi connectivity index (χ0v) is 18.0. The molecule has 2 aliphatic rings. The molecule has 7 nitrogen and oxygen atoms in total. The highest BCUT2D eigenvalue weighted by Crippen LogP contribution is 2.40. The van der Waals surface area contributed by atoms with E-state index in [2.05, 4.69) is 25.3 Å². The van der Waals surface area contributed by atoms with Gasteiger partial charge in [0.15, 0.2) is 0 Å². The first-order valence-corrected chi connectivity index (χ1v) is 10.7. The summed E-state index contributed by atoms with van der Waals surface area (Å²) in [5, 5.41) is 3.50. The number of hydrogen-bond donors (Lipinski definition) is 1. The Morgan fingerprint density at radius 2 is 1.94 bits per heavy atom. The fraction of sp³-hybridized carbons (Fsp3) is 0.375. The van der Waals surface area contributed by atoms with E-state index in [9.17, 15) is 4.79 Å². The lowest BCUT2D eigenvalue weighted by molar-refractivity contribution is 0.0687. The Morgan fingerprint density at radius 3 is 2.68 bits per heavy atom. The molecule has 5 rings (SSSR count). The minimum Gasteiger partial charge on any atom is -0.364 e. The largest absolute Gasteiger partial charge is 0.364 e. The zero-order valence-electron chi connectivity index (χ0n) is 18.0. The van der Waals surface area contributed by atoms with E-state index in [1.165, 1.54) is 0 Å². The van der Waals surface area contributed by atoms with Crippen molar-refractivity contribution < 1.29 is 4.79 Å². The maximum Gasteiger partial charge on any atom is 0.273 e. The number of hydrogen-bond acceptors (Lipinski definition) is 6. The molecule has 2 bridgehead atoms. The van der Waals surface area contributed by atoms with Gasteiger partial charge in [-0.3, -0.25) is 19.7 Å². The highest BCUT2D eigenvalue weighted by atomic mass is 16.2. The average molecular weight is 415 g/mol. The van der Waals surface area contributed by atoms with E-state index < -0.39 is 0 Å². The number of aryl methyl sites for hydroxylation is 3. The van der Waals surface area contributed by atoms with Crippen LogP contribution in [-0.4, -0.2) is 49.4 Å². The Kier molecular flexibility index (Phi) is 4.88. The van der Waals surface area contributed by atoms with E-state index in [-0.39, 0.29) is 18.0 Å². The normalized spacial score (nSPS) is 22.0. The van der Waals surface area contributed by atoms with Crippen LogP contribution in [0.4, 0.5) is 5.82 Å². The molecule has 3 aromatic rings. The number of aromatic nitrogens is 4. The molecular weight excluding hydrogens is 388 g/mol. The summed E-state index contributed by atoms with van der Waals surface area (Å²) in [5.74, 6) is 1.23. The van der Waals surface area contributed by atoms with Gasteiger partial charge in [0.05, 0.1) is 29.8 Å². The van der Waals surface area contributed by atoms with Crippen LogP contribution in [0.2, 0.25) is 0 Å². The third-order valence-electron chi connectivity index (χ3n) is 6.35. The molecular formula is C24H26N6O. The molecule has 1 saturated heterocycles. The topological polar surface area (TPSA) is 83.9 Å². The lowest BCUT2D eigenvalue weighted by Crippen LogP contribution is -2.48. The van der Waals surface area contributed by atoms with Crippen LogP contribution in [-0.2, 0) is 0 Å². The second kappa shape index (κ2) is 7.72. The number of nitrogens with one attached hydrogen (secondary N) is 1. The van der Waals surface area contributed by atoms with Gasteiger partial charge in [0.2, 0.25) is 0 Å². The molecule has 1 amide bonds. The standard InChI is InChI=1S/C24H26N6O/c1-14-7-18(22-15(2)5-4-6-25-22)23(28-10-14)24(31)30-13-17-8-19(20(30)9-17)29-21-12-26-16(3)11-27-21/h4-7,10-12,17,19-20H,8-9,13H2,1-3H3,(H,27,29). The van der Waals surface area contributed by atoms with Crippen molar-refractivity contribution in [1.29, 1.82) is 0 Å². The van der Waals surface area contributed by atoms with E-state index >= 15 is 0 Å². The van der Waals surface area contributed by atoms with Gasteiger partial charge >= 0.3 is 0 Å². The maximum atomic E-state index is 13.7. The van der Waals surface area contributed by atoms with Crippen molar-refractivity contribution in [3.05, 3.63) is 65.5 Å². The van der Waals surface area contributed by atoms with Crippen LogP contribution in [0.3, 0.4) is 0 Å². The molecule has 3 atom stereocenters. The van der Waals surface area contributed by atoms with Crippen molar-refractivity contribution in [3.8, 4) is 11.3 Å². The molecule has 1 aliphatic heterocycles. The molecule has 7 heteroatoms. The van der Waals surface area contributed by atoms with Crippen LogP contribution in [0.15, 0.2) is 43.0 Å². The first-order chi connectivity index (χ1) is 15.0. The monoisotopic (exact) mass is 414 g/mol. The van der Waals surface area contributed by atoms with E-state index in [0.717, 1.165) is 53.3 Å². The first-order valence-electron chi connectivity index (χ1n) is 10.7. The summed E-state index contributed by atoms with van der Waals surface area (Å²) in [4.78, 5) is 33.5. The van der Waals surface area contributed by atoms with Crippen molar-refractivity contribution >= 4 is 11.7 Å². The van der Waals surface area contributed by atoms with E-state index in [1.807, 2.05) is 43.9 Å². The molecule has 31 heavy (non-hydrogen) atoms. The predicted octanol–water partition coefficient (Wildman–Crippen LogP) is 3.57. The van der Waals surface area contributed by atoms with Gasteiger partial charge < -0.3 is 10.2 Å². The number of pyridine rings is 2. The minimum atomic E-state index is -0.0194. The van der Waals surface area contributed by atoms with Gasteiger partial charge in [-0.15, -0.1) is 0 Å². The summed E-state index contributed by atoms with van der Waals surface area (Å²) in [6.45, 7) is 6.70. The van der Waals surface area contributed by atoms with Crippen LogP contribution in [0.5, 0.6) is 0 Å². The number of amides is 1. The van der Waals surface area contributed by atoms with E-state index in [0.29, 0.717) is 11.6 Å². The third kappa shape index (κ3) is 3.65. The molecule has 3 unspecified atom stereocenters. The van der Waals surface area contributed by atoms with Crippen LogP contribution >= 0.6 is 0 Å². The number of anilines is 1. The fourth-order valence-electron chi connectivity index (χ4n) is 4.89. The number of likely N-dealkylation sites (tertiary alicyclic amines) is 1. The highest BCUT2D eigenvalue weighted by Gasteiger charge is 2.47. The van der Waals surface area contributed by atoms with Crippen LogP contribution in [0.25, 0.3) is 11.3 Å². The van der Waals surface area contributed by atoms with E-state index in [1.54, 1.807) is 24.8 Å². The number of carbonyl (C=O) groups excluding carboxylic acids is 1. The van der Waals surface area contributed by atoms with Crippen LogP contribution in [0, 0.1) is 26.7 Å². The van der Waals surface area contributed by atoms with Gasteiger partial charge in [0.25, 0.3) is 5.91 Å². The number of carbonyl (C=O) groups is 1. The molecule has 0 aromatic carbocycles. The minimum absolute atomic E-state index is 0.0194. The van der Waals surface area contributed by atoms with Gasteiger partial charge in [-0.25, -0.2) is 4.98 Å². The quantitative estimate of drug-likeness (QED) is 0.703. The Morgan fingerprint density at radius 1 is 1.06 bits per heavy atom. The Labute approximate surface area is 182 Å². The summed E-state index contributed by atoms with van der Waals surface area (Å²) in [5.41, 5.74) is 5.03. The summed E-state index contributed by atoms with van der Waals surface area (Å²) in [7, 11) is 0. The van der Waals surface area contributed by atoms with E-state index in [4.69, 9.17) is 0 Å². The molecule has 158 valence electrons. The van der Waals surface area contributed by atoms with Gasteiger partial charge in [-0.2, -0.15) is 0 Å². The smallest absolute Gasteiger partial charge is 0.273 e. The third-order valence-corrected chi connectivity index (χ3v) is 6.35. The Balaban J connectivity index is 1.43. The lowest BCUT2D eigenvalue weighted by atomic mass is 10.0. The number of nitrogens with zero attached hydrogens (tertiary/aromatic N) is 5. The summed E-state index contributed by atoms with van der Waals surface area (Å²) < 4.78 is 0. The van der Waals surface area contributed by atoms with Gasteiger partial charge in [-0.05, 0) is 62.8 Å². The van der Waals surface area contributed by atoms with Crippen molar-refractivity contribution in [2.24, 2.45) is 5.92 Å². The molecule has 2 fully saturated rings. The second-order valence-electron chi connectivity index (χ2n) is 8.73. The number of fused-ring (bicyclic) bond motifs is 2. The lowest BCUT2D eigenvalue weighted by Gasteiger charge is -2.34. The van der Waals surface area contributed by atoms with Crippen LogP contribution in [0.1, 0.15) is 40.2 Å². The van der Waals surface area contributed by atoms with Crippen molar-refractivity contribution in [2.75, 3.05) is 11.9 Å². The first kappa shape index (κ1) is 19.6. The maximum absolute atomic E-state index is 13.7. The van der Waals surface area contributed by atoms with Gasteiger partial charge in [-0.1, -0.05) is 6.07 Å². The predicted molar refractivity (Wildman–Crippen MR) is 119 cm³/mol. The summed E-state index contributed by atoms with van der Waals surface area (Å²) >= 11 is 0. The Bertz CT molecular complexity index is 1130. The summed E-state index contributed by atoms with van der Waals surface area (Å²) in [6, 6.07) is 6.24. The molecule has 1 saturated carbocycles. The SMILES string of the molecule is Cc1cnc(C(=O)N2CC3CC(Nc4cnc(C)cn4)C2C3)c(-c2ncccc2C)c1. The molecule has 3 aromatic heterocycles. The van der Waals surface area contributed by atoms with Crippen molar-refractivity contribution in [3.63, 3.8) is 0 Å². The molecule has 1 N–H and O–H groups in total. The second-order valence-corrected chi connectivity index (χ2v) is 8.73. The van der Waals surface area contributed by atoms with Crippen molar-refractivity contribution in [1.82, 2.24) is 24.8 Å². The number of piperidine rings is 1. The average Bonchev–Trinajstić information content (AvgIpc) is 3.36. The highest BCUT2D eigenvalue weighted by molar-refractivity contribution is 5.99.